The predicted octanol–water partition coefficient (Wildman–Crippen LogP) is 2.45. The molecule has 2 aliphatic carbocycles. The van der Waals surface area contributed by atoms with Gasteiger partial charge in [-0.1, -0.05) is 33.1 Å². The Morgan fingerprint density at radius 3 is 2.10 bits per heavy atom. The van der Waals surface area contributed by atoms with Gasteiger partial charge in [-0.05, 0) is 31.1 Å². The topological polar surface area (TPSA) is 32.5 Å². The third kappa shape index (κ3) is 2.90. The third-order valence-corrected chi connectivity index (χ3v) is 6.30. The first-order chi connectivity index (χ1) is 9.58. The SMILES string of the molecule is CC1(C)CCCC(N2CCN(C3CCCC3)CC2)C1N. The number of nitrogens with two attached hydrogens (primary N) is 1. The molecular weight excluding hydrogens is 246 g/mol. The van der Waals surface area contributed by atoms with Crippen LogP contribution in [0.2, 0.25) is 0 Å². The minimum Gasteiger partial charge on any atom is -0.326 e. The van der Waals surface area contributed by atoms with Crippen molar-refractivity contribution in [2.75, 3.05) is 26.2 Å². The zero-order chi connectivity index (χ0) is 14.2. The average Bonchev–Trinajstić information content (AvgIpc) is 2.96. The first kappa shape index (κ1) is 14.8. The van der Waals surface area contributed by atoms with Crippen molar-refractivity contribution >= 4 is 0 Å². The Labute approximate surface area is 124 Å². The largest absolute Gasteiger partial charge is 0.326 e. The lowest BCUT2D eigenvalue weighted by Crippen LogP contribution is -2.61. The van der Waals surface area contributed by atoms with Crippen LogP contribution in [0.1, 0.15) is 58.8 Å². The predicted molar refractivity (Wildman–Crippen MR) is 84.8 cm³/mol. The second-order valence-corrected chi connectivity index (χ2v) is 7.98. The van der Waals surface area contributed by atoms with E-state index in [1.54, 1.807) is 0 Å². The number of hydrogen-bond acceptors (Lipinski definition) is 3. The Morgan fingerprint density at radius 1 is 0.850 bits per heavy atom. The molecule has 3 aliphatic rings. The number of rotatable bonds is 2. The van der Waals surface area contributed by atoms with E-state index in [9.17, 15) is 0 Å². The number of piperazine rings is 1. The van der Waals surface area contributed by atoms with Crippen LogP contribution in [0.3, 0.4) is 0 Å². The van der Waals surface area contributed by atoms with Gasteiger partial charge in [-0.2, -0.15) is 0 Å². The first-order valence-electron chi connectivity index (χ1n) is 8.81. The first-order valence-corrected chi connectivity index (χ1v) is 8.81. The zero-order valence-corrected chi connectivity index (χ0v) is 13.5. The van der Waals surface area contributed by atoms with E-state index in [4.69, 9.17) is 5.73 Å². The summed E-state index contributed by atoms with van der Waals surface area (Å²) in [5.41, 5.74) is 6.91. The molecule has 3 rings (SSSR count). The Kier molecular flexibility index (Phi) is 4.40. The summed E-state index contributed by atoms with van der Waals surface area (Å²) >= 11 is 0. The number of hydrogen-bond donors (Lipinski definition) is 1. The van der Waals surface area contributed by atoms with E-state index in [0.717, 1.165) is 6.04 Å². The fraction of sp³-hybridized carbons (Fsp3) is 1.00. The Hall–Kier alpha value is -0.120. The molecule has 116 valence electrons. The van der Waals surface area contributed by atoms with Gasteiger partial charge < -0.3 is 5.73 Å². The van der Waals surface area contributed by atoms with Crippen LogP contribution in [0.25, 0.3) is 0 Å². The van der Waals surface area contributed by atoms with Crippen LogP contribution in [-0.2, 0) is 0 Å². The molecule has 3 nitrogen and oxygen atoms in total. The molecule has 0 radical (unpaired) electrons. The van der Waals surface area contributed by atoms with E-state index in [-0.39, 0.29) is 0 Å². The Bertz CT molecular complexity index is 314. The molecule has 0 spiro atoms. The lowest BCUT2D eigenvalue weighted by atomic mass is 9.70. The van der Waals surface area contributed by atoms with Crippen LogP contribution in [0.15, 0.2) is 0 Å². The molecule has 2 N–H and O–H groups in total. The van der Waals surface area contributed by atoms with Crippen LogP contribution < -0.4 is 5.73 Å². The van der Waals surface area contributed by atoms with Crippen molar-refractivity contribution in [2.45, 2.75) is 76.9 Å². The van der Waals surface area contributed by atoms with Crippen LogP contribution in [0.4, 0.5) is 0 Å². The summed E-state index contributed by atoms with van der Waals surface area (Å²) in [6, 6.07) is 1.88. The summed E-state index contributed by atoms with van der Waals surface area (Å²) in [5.74, 6) is 0. The molecule has 20 heavy (non-hydrogen) atoms. The highest BCUT2D eigenvalue weighted by molar-refractivity contribution is 4.97. The molecular formula is C17H33N3. The standard InChI is InChI=1S/C17H33N3/c1-17(2)9-5-8-15(16(17)18)20-12-10-19(11-13-20)14-6-3-4-7-14/h14-16H,3-13,18H2,1-2H3. The molecule has 1 heterocycles. The van der Waals surface area contributed by atoms with E-state index in [2.05, 4.69) is 23.6 Å². The van der Waals surface area contributed by atoms with E-state index in [0.29, 0.717) is 17.5 Å². The normalized spacial score (nSPS) is 37.4. The molecule has 2 unspecified atom stereocenters. The van der Waals surface area contributed by atoms with Crippen molar-refractivity contribution in [3.05, 3.63) is 0 Å². The summed E-state index contributed by atoms with van der Waals surface area (Å²) in [6.45, 7) is 9.75. The van der Waals surface area contributed by atoms with Gasteiger partial charge in [-0.15, -0.1) is 0 Å². The Morgan fingerprint density at radius 2 is 1.45 bits per heavy atom. The van der Waals surface area contributed by atoms with E-state index < -0.39 is 0 Å². The van der Waals surface area contributed by atoms with Crippen molar-refractivity contribution in [2.24, 2.45) is 11.1 Å². The fourth-order valence-electron chi connectivity index (χ4n) is 4.75. The van der Waals surface area contributed by atoms with Gasteiger partial charge in [-0.3, -0.25) is 9.80 Å². The highest BCUT2D eigenvalue weighted by atomic mass is 15.3. The van der Waals surface area contributed by atoms with Crippen molar-refractivity contribution in [3.8, 4) is 0 Å². The summed E-state index contributed by atoms with van der Waals surface area (Å²) in [6.07, 6.45) is 9.75. The molecule has 2 atom stereocenters. The molecule has 3 heteroatoms. The van der Waals surface area contributed by atoms with Gasteiger partial charge in [0.25, 0.3) is 0 Å². The van der Waals surface area contributed by atoms with Crippen LogP contribution in [0.5, 0.6) is 0 Å². The highest BCUT2D eigenvalue weighted by Crippen LogP contribution is 2.37. The van der Waals surface area contributed by atoms with E-state index >= 15 is 0 Å². The molecule has 0 aromatic carbocycles. The van der Waals surface area contributed by atoms with E-state index in [1.165, 1.54) is 71.1 Å². The lowest BCUT2D eigenvalue weighted by Gasteiger charge is -2.49. The lowest BCUT2D eigenvalue weighted by molar-refractivity contribution is 0.0207. The van der Waals surface area contributed by atoms with Crippen molar-refractivity contribution < 1.29 is 0 Å². The van der Waals surface area contributed by atoms with Crippen molar-refractivity contribution in [1.82, 2.24) is 9.80 Å². The second-order valence-electron chi connectivity index (χ2n) is 7.98. The summed E-state index contributed by atoms with van der Waals surface area (Å²) in [5, 5.41) is 0. The van der Waals surface area contributed by atoms with Gasteiger partial charge in [0.1, 0.15) is 0 Å². The maximum atomic E-state index is 6.59. The molecule has 0 bridgehead atoms. The van der Waals surface area contributed by atoms with Crippen molar-refractivity contribution in [1.29, 1.82) is 0 Å². The molecule has 2 saturated carbocycles. The molecule has 0 aromatic heterocycles. The molecule has 1 aliphatic heterocycles. The Balaban J connectivity index is 1.54. The monoisotopic (exact) mass is 279 g/mol. The summed E-state index contributed by atoms with van der Waals surface area (Å²) < 4.78 is 0. The minimum atomic E-state index is 0.325. The molecule has 0 aromatic rings. The fourth-order valence-corrected chi connectivity index (χ4v) is 4.75. The second kappa shape index (κ2) is 5.94. The average molecular weight is 279 g/mol. The van der Waals surface area contributed by atoms with E-state index in [1.807, 2.05) is 0 Å². The minimum absolute atomic E-state index is 0.325. The number of nitrogens with zero attached hydrogens (tertiary/aromatic N) is 2. The van der Waals surface area contributed by atoms with Crippen LogP contribution in [-0.4, -0.2) is 54.1 Å². The van der Waals surface area contributed by atoms with Gasteiger partial charge >= 0.3 is 0 Å². The van der Waals surface area contributed by atoms with Crippen LogP contribution in [0, 0.1) is 5.41 Å². The molecule has 0 amide bonds. The summed E-state index contributed by atoms with van der Waals surface area (Å²) in [7, 11) is 0. The quantitative estimate of drug-likeness (QED) is 0.843. The molecule has 1 saturated heterocycles. The van der Waals surface area contributed by atoms with Crippen molar-refractivity contribution in [3.63, 3.8) is 0 Å². The van der Waals surface area contributed by atoms with Gasteiger partial charge in [-0.25, -0.2) is 0 Å². The van der Waals surface area contributed by atoms with Gasteiger partial charge in [0.2, 0.25) is 0 Å². The van der Waals surface area contributed by atoms with Gasteiger partial charge in [0.15, 0.2) is 0 Å². The van der Waals surface area contributed by atoms with Gasteiger partial charge in [0, 0.05) is 44.3 Å². The van der Waals surface area contributed by atoms with Crippen LogP contribution >= 0.6 is 0 Å². The van der Waals surface area contributed by atoms with Gasteiger partial charge in [0.05, 0.1) is 0 Å². The molecule has 3 fully saturated rings. The third-order valence-electron chi connectivity index (χ3n) is 6.30. The maximum Gasteiger partial charge on any atom is 0.0253 e. The summed E-state index contributed by atoms with van der Waals surface area (Å²) in [4.78, 5) is 5.46. The highest BCUT2D eigenvalue weighted by Gasteiger charge is 2.40. The maximum absolute atomic E-state index is 6.59. The zero-order valence-electron chi connectivity index (χ0n) is 13.5. The smallest absolute Gasteiger partial charge is 0.0253 e.